The third kappa shape index (κ3) is 5.23. The first-order chi connectivity index (χ1) is 7.58. The number of aromatic nitrogens is 2. The molecule has 0 spiro atoms. The molecule has 0 aliphatic rings. The topological polar surface area (TPSA) is 54.2 Å². The molecule has 0 saturated carbocycles. The van der Waals surface area contributed by atoms with Crippen LogP contribution in [0.3, 0.4) is 0 Å². The Bertz CT molecular complexity index is 296. The molecular weight excluding hydrogens is 204 g/mol. The number of hydrogen-bond acceptors (Lipinski definition) is 5. The SMILES string of the molecule is CC(C)NCCCc1nc(CN(C)C)no1. The van der Waals surface area contributed by atoms with E-state index in [1.165, 1.54) is 0 Å². The molecule has 1 rings (SSSR count). The lowest BCUT2D eigenvalue weighted by molar-refractivity contribution is 0.347. The standard InChI is InChI=1S/C11H22N4O/c1-9(2)12-7-5-6-11-13-10(14-16-11)8-15(3)4/h9,12H,5-8H2,1-4H3. The van der Waals surface area contributed by atoms with Crippen molar-refractivity contribution in [2.75, 3.05) is 20.6 Å². The van der Waals surface area contributed by atoms with Gasteiger partial charge in [0.15, 0.2) is 5.82 Å². The van der Waals surface area contributed by atoms with Gasteiger partial charge in [0.1, 0.15) is 0 Å². The van der Waals surface area contributed by atoms with E-state index in [0.717, 1.165) is 37.6 Å². The molecule has 0 unspecified atom stereocenters. The van der Waals surface area contributed by atoms with Gasteiger partial charge in [-0.15, -0.1) is 0 Å². The molecule has 1 heterocycles. The first kappa shape index (κ1) is 13.1. The van der Waals surface area contributed by atoms with Crippen molar-refractivity contribution in [3.8, 4) is 0 Å². The maximum atomic E-state index is 5.16. The van der Waals surface area contributed by atoms with Crippen molar-refractivity contribution >= 4 is 0 Å². The summed E-state index contributed by atoms with van der Waals surface area (Å²) < 4.78 is 5.16. The molecule has 0 bridgehead atoms. The molecular formula is C11H22N4O. The highest BCUT2D eigenvalue weighted by atomic mass is 16.5. The Kier molecular flexibility index (Phi) is 5.42. The highest BCUT2D eigenvalue weighted by Crippen LogP contribution is 2.02. The fourth-order valence-corrected chi connectivity index (χ4v) is 1.37. The zero-order valence-corrected chi connectivity index (χ0v) is 10.7. The molecule has 92 valence electrons. The molecule has 16 heavy (non-hydrogen) atoms. The van der Waals surface area contributed by atoms with E-state index >= 15 is 0 Å². The summed E-state index contributed by atoms with van der Waals surface area (Å²) in [6.07, 6.45) is 1.88. The quantitative estimate of drug-likeness (QED) is 0.705. The van der Waals surface area contributed by atoms with Crippen LogP contribution in [-0.4, -0.2) is 41.7 Å². The van der Waals surface area contributed by atoms with Crippen LogP contribution in [0.25, 0.3) is 0 Å². The molecule has 0 aromatic carbocycles. The van der Waals surface area contributed by atoms with Crippen LogP contribution in [0.1, 0.15) is 32.0 Å². The molecule has 0 amide bonds. The number of hydrogen-bond donors (Lipinski definition) is 1. The number of rotatable bonds is 7. The summed E-state index contributed by atoms with van der Waals surface area (Å²) in [7, 11) is 3.98. The molecule has 5 nitrogen and oxygen atoms in total. The molecule has 0 radical (unpaired) electrons. The van der Waals surface area contributed by atoms with Gasteiger partial charge in [0, 0.05) is 12.5 Å². The lowest BCUT2D eigenvalue weighted by Crippen LogP contribution is -2.23. The molecule has 1 aromatic rings. The summed E-state index contributed by atoms with van der Waals surface area (Å²) in [6, 6.07) is 0.534. The second-order valence-electron chi connectivity index (χ2n) is 4.55. The van der Waals surface area contributed by atoms with Gasteiger partial charge in [0.2, 0.25) is 5.89 Å². The Balaban J connectivity index is 2.24. The summed E-state index contributed by atoms with van der Waals surface area (Å²) in [4.78, 5) is 6.34. The van der Waals surface area contributed by atoms with Gasteiger partial charge < -0.3 is 14.7 Å². The van der Waals surface area contributed by atoms with E-state index in [1.54, 1.807) is 0 Å². The van der Waals surface area contributed by atoms with E-state index < -0.39 is 0 Å². The predicted octanol–water partition coefficient (Wildman–Crippen LogP) is 1.06. The van der Waals surface area contributed by atoms with E-state index in [2.05, 4.69) is 29.3 Å². The molecule has 0 fully saturated rings. The molecule has 1 N–H and O–H groups in total. The number of nitrogens with zero attached hydrogens (tertiary/aromatic N) is 3. The van der Waals surface area contributed by atoms with Crippen molar-refractivity contribution in [2.24, 2.45) is 0 Å². The Morgan fingerprint density at radius 1 is 1.38 bits per heavy atom. The summed E-state index contributed by atoms with van der Waals surface area (Å²) in [5.74, 6) is 1.50. The average Bonchev–Trinajstić information content (AvgIpc) is 2.59. The van der Waals surface area contributed by atoms with Gasteiger partial charge in [-0.1, -0.05) is 19.0 Å². The van der Waals surface area contributed by atoms with Gasteiger partial charge in [-0.05, 0) is 27.1 Å². The van der Waals surface area contributed by atoms with E-state index in [9.17, 15) is 0 Å². The molecule has 0 atom stereocenters. The van der Waals surface area contributed by atoms with E-state index in [-0.39, 0.29) is 0 Å². The Labute approximate surface area is 97.2 Å². The largest absolute Gasteiger partial charge is 0.339 e. The van der Waals surface area contributed by atoms with Crippen LogP contribution in [0.2, 0.25) is 0 Å². The molecule has 0 aliphatic carbocycles. The minimum absolute atomic E-state index is 0.534. The summed E-state index contributed by atoms with van der Waals surface area (Å²) in [5, 5.41) is 7.28. The highest BCUT2D eigenvalue weighted by molar-refractivity contribution is 4.86. The van der Waals surface area contributed by atoms with Crippen molar-refractivity contribution < 1.29 is 4.52 Å². The normalized spacial score (nSPS) is 11.6. The first-order valence-corrected chi connectivity index (χ1v) is 5.77. The van der Waals surface area contributed by atoms with Crippen molar-refractivity contribution in [3.63, 3.8) is 0 Å². The minimum atomic E-state index is 0.534. The van der Waals surface area contributed by atoms with Crippen molar-refractivity contribution in [2.45, 2.75) is 39.3 Å². The zero-order chi connectivity index (χ0) is 12.0. The second-order valence-corrected chi connectivity index (χ2v) is 4.55. The summed E-state index contributed by atoms with van der Waals surface area (Å²) in [6.45, 7) is 6.00. The summed E-state index contributed by atoms with van der Waals surface area (Å²) >= 11 is 0. The van der Waals surface area contributed by atoms with Crippen LogP contribution in [0.15, 0.2) is 4.52 Å². The average molecular weight is 226 g/mol. The van der Waals surface area contributed by atoms with Crippen molar-refractivity contribution in [3.05, 3.63) is 11.7 Å². The van der Waals surface area contributed by atoms with E-state index in [0.29, 0.717) is 6.04 Å². The first-order valence-electron chi connectivity index (χ1n) is 5.77. The van der Waals surface area contributed by atoms with Crippen LogP contribution in [0.5, 0.6) is 0 Å². The summed E-state index contributed by atoms with van der Waals surface area (Å²) in [5.41, 5.74) is 0. The second kappa shape index (κ2) is 6.60. The van der Waals surface area contributed by atoms with Gasteiger partial charge in [-0.25, -0.2) is 0 Å². The zero-order valence-electron chi connectivity index (χ0n) is 10.7. The van der Waals surface area contributed by atoms with Crippen LogP contribution >= 0.6 is 0 Å². The Hall–Kier alpha value is -0.940. The van der Waals surface area contributed by atoms with E-state index in [1.807, 2.05) is 19.0 Å². The molecule has 5 heteroatoms. The van der Waals surface area contributed by atoms with Gasteiger partial charge in [0.25, 0.3) is 0 Å². The van der Waals surface area contributed by atoms with E-state index in [4.69, 9.17) is 4.52 Å². The van der Waals surface area contributed by atoms with Crippen molar-refractivity contribution in [1.29, 1.82) is 0 Å². The van der Waals surface area contributed by atoms with Crippen LogP contribution in [-0.2, 0) is 13.0 Å². The monoisotopic (exact) mass is 226 g/mol. The fraction of sp³-hybridized carbons (Fsp3) is 0.818. The maximum absolute atomic E-state index is 5.16. The van der Waals surface area contributed by atoms with Gasteiger partial charge in [0.05, 0.1) is 6.54 Å². The third-order valence-electron chi connectivity index (χ3n) is 2.09. The maximum Gasteiger partial charge on any atom is 0.226 e. The van der Waals surface area contributed by atoms with Gasteiger partial charge in [-0.2, -0.15) is 4.98 Å². The minimum Gasteiger partial charge on any atom is -0.339 e. The highest BCUT2D eigenvalue weighted by Gasteiger charge is 2.06. The molecule has 0 saturated heterocycles. The number of nitrogens with one attached hydrogen (secondary N) is 1. The van der Waals surface area contributed by atoms with Crippen LogP contribution in [0.4, 0.5) is 0 Å². The van der Waals surface area contributed by atoms with Crippen LogP contribution < -0.4 is 5.32 Å². The Morgan fingerprint density at radius 2 is 2.12 bits per heavy atom. The Morgan fingerprint density at radius 3 is 2.75 bits per heavy atom. The van der Waals surface area contributed by atoms with Crippen LogP contribution in [0, 0.1) is 0 Å². The third-order valence-corrected chi connectivity index (χ3v) is 2.09. The number of aryl methyl sites for hydroxylation is 1. The smallest absolute Gasteiger partial charge is 0.226 e. The predicted molar refractivity (Wildman–Crippen MR) is 63.1 cm³/mol. The van der Waals surface area contributed by atoms with Gasteiger partial charge >= 0.3 is 0 Å². The lowest BCUT2D eigenvalue weighted by Gasteiger charge is -2.05. The van der Waals surface area contributed by atoms with Gasteiger partial charge in [-0.3, -0.25) is 0 Å². The fourth-order valence-electron chi connectivity index (χ4n) is 1.37. The van der Waals surface area contributed by atoms with Crippen molar-refractivity contribution in [1.82, 2.24) is 20.4 Å². The molecule has 0 aliphatic heterocycles. The molecule has 1 aromatic heterocycles. The lowest BCUT2D eigenvalue weighted by atomic mass is 10.3.